The van der Waals surface area contributed by atoms with Gasteiger partial charge in [-0.15, -0.1) is 0 Å². The van der Waals surface area contributed by atoms with Gasteiger partial charge in [0.25, 0.3) is 0 Å². The Labute approximate surface area is 67.6 Å². The number of ether oxygens (including phenoxy) is 1. The highest BCUT2D eigenvalue weighted by Gasteiger charge is 2.37. The summed E-state index contributed by atoms with van der Waals surface area (Å²) >= 11 is 0. The van der Waals surface area contributed by atoms with Gasteiger partial charge in [-0.3, -0.25) is 0 Å². The number of hydrogen-bond donors (Lipinski definition) is 1. The van der Waals surface area contributed by atoms with Crippen molar-refractivity contribution in [2.75, 3.05) is 13.2 Å². The van der Waals surface area contributed by atoms with Crippen molar-refractivity contribution in [3.63, 3.8) is 0 Å². The summed E-state index contributed by atoms with van der Waals surface area (Å²) in [6.45, 7) is 1.78. The van der Waals surface area contributed by atoms with E-state index in [4.69, 9.17) is 4.74 Å². The largest absolute Gasteiger partial charge is 0.390 e. The molecule has 1 N–H and O–H groups in total. The average Bonchev–Trinajstić information content (AvgIpc) is 2.36. The fourth-order valence-corrected chi connectivity index (χ4v) is 2.07. The van der Waals surface area contributed by atoms with E-state index in [9.17, 15) is 5.11 Å². The molecule has 0 aromatic carbocycles. The topological polar surface area (TPSA) is 29.5 Å². The molecule has 1 aliphatic heterocycles. The first-order chi connectivity index (χ1) is 5.29. The second kappa shape index (κ2) is 2.76. The van der Waals surface area contributed by atoms with E-state index >= 15 is 0 Å². The molecule has 2 heteroatoms. The SMILES string of the molecule is OC1(CC2CCOC2)CCC1. The minimum atomic E-state index is -0.293. The lowest BCUT2D eigenvalue weighted by Gasteiger charge is -2.38. The number of hydrogen-bond acceptors (Lipinski definition) is 2. The molecular weight excluding hydrogens is 140 g/mol. The van der Waals surface area contributed by atoms with Crippen LogP contribution in [0.5, 0.6) is 0 Å². The van der Waals surface area contributed by atoms with Crippen molar-refractivity contribution in [3.05, 3.63) is 0 Å². The van der Waals surface area contributed by atoms with Gasteiger partial charge in [-0.1, -0.05) is 0 Å². The van der Waals surface area contributed by atoms with Gasteiger partial charge in [0.05, 0.1) is 5.60 Å². The van der Waals surface area contributed by atoms with Gasteiger partial charge in [0.2, 0.25) is 0 Å². The van der Waals surface area contributed by atoms with Crippen molar-refractivity contribution in [3.8, 4) is 0 Å². The Hall–Kier alpha value is -0.0800. The summed E-state index contributed by atoms with van der Waals surface area (Å²) in [7, 11) is 0. The monoisotopic (exact) mass is 156 g/mol. The van der Waals surface area contributed by atoms with Crippen molar-refractivity contribution in [1.82, 2.24) is 0 Å². The molecule has 0 amide bonds. The Morgan fingerprint density at radius 3 is 2.73 bits per heavy atom. The van der Waals surface area contributed by atoms with Crippen molar-refractivity contribution in [2.24, 2.45) is 5.92 Å². The van der Waals surface area contributed by atoms with Crippen LogP contribution >= 0.6 is 0 Å². The molecule has 1 saturated heterocycles. The van der Waals surface area contributed by atoms with Crippen molar-refractivity contribution >= 4 is 0 Å². The lowest BCUT2D eigenvalue weighted by Crippen LogP contribution is -2.38. The molecule has 0 radical (unpaired) electrons. The molecule has 2 fully saturated rings. The third-order valence-corrected chi connectivity index (χ3v) is 2.98. The molecule has 2 nitrogen and oxygen atoms in total. The van der Waals surface area contributed by atoms with Crippen LogP contribution in [0.3, 0.4) is 0 Å². The maximum absolute atomic E-state index is 9.81. The van der Waals surface area contributed by atoms with E-state index < -0.39 is 0 Å². The summed E-state index contributed by atoms with van der Waals surface area (Å²) in [6, 6.07) is 0. The smallest absolute Gasteiger partial charge is 0.0651 e. The van der Waals surface area contributed by atoms with E-state index in [0.29, 0.717) is 5.92 Å². The Morgan fingerprint density at radius 1 is 1.45 bits per heavy atom. The number of rotatable bonds is 2. The van der Waals surface area contributed by atoms with Crippen LogP contribution in [0.1, 0.15) is 32.1 Å². The summed E-state index contributed by atoms with van der Waals surface area (Å²) in [4.78, 5) is 0. The van der Waals surface area contributed by atoms with Gasteiger partial charge in [0.15, 0.2) is 0 Å². The van der Waals surface area contributed by atoms with Crippen LogP contribution in [0.2, 0.25) is 0 Å². The lowest BCUT2D eigenvalue weighted by molar-refractivity contribution is -0.0530. The summed E-state index contributed by atoms with van der Waals surface area (Å²) in [6.07, 6.45) is 5.38. The fourth-order valence-electron chi connectivity index (χ4n) is 2.07. The second-order valence-corrected chi connectivity index (χ2v) is 4.01. The molecule has 11 heavy (non-hydrogen) atoms. The van der Waals surface area contributed by atoms with Gasteiger partial charge in [0.1, 0.15) is 0 Å². The first-order valence-corrected chi connectivity index (χ1v) is 4.59. The van der Waals surface area contributed by atoms with Crippen molar-refractivity contribution in [1.29, 1.82) is 0 Å². The Morgan fingerprint density at radius 2 is 2.27 bits per heavy atom. The van der Waals surface area contributed by atoms with Crippen LogP contribution in [0, 0.1) is 5.92 Å². The summed E-state index contributed by atoms with van der Waals surface area (Å²) in [5, 5.41) is 9.81. The Kier molecular flexibility index (Phi) is 1.90. The first kappa shape index (κ1) is 7.56. The van der Waals surface area contributed by atoms with Crippen LogP contribution in [-0.2, 0) is 4.74 Å². The highest BCUT2D eigenvalue weighted by atomic mass is 16.5. The average molecular weight is 156 g/mol. The third kappa shape index (κ3) is 1.57. The molecule has 0 aromatic rings. The zero-order valence-electron chi connectivity index (χ0n) is 6.88. The molecule has 0 aromatic heterocycles. The molecule has 1 heterocycles. The molecule has 0 spiro atoms. The van der Waals surface area contributed by atoms with Crippen molar-refractivity contribution in [2.45, 2.75) is 37.7 Å². The normalized spacial score (nSPS) is 35.2. The maximum atomic E-state index is 9.81. The highest BCUT2D eigenvalue weighted by molar-refractivity contribution is 4.90. The predicted octanol–water partition coefficient (Wildman–Crippen LogP) is 1.33. The van der Waals surface area contributed by atoms with Gasteiger partial charge < -0.3 is 9.84 Å². The zero-order valence-corrected chi connectivity index (χ0v) is 6.88. The van der Waals surface area contributed by atoms with Crippen LogP contribution in [0.25, 0.3) is 0 Å². The predicted molar refractivity (Wildman–Crippen MR) is 42.3 cm³/mol. The molecule has 2 rings (SSSR count). The lowest BCUT2D eigenvalue weighted by atomic mass is 9.74. The molecule has 64 valence electrons. The molecule has 1 unspecified atom stereocenters. The molecule has 2 aliphatic rings. The standard InChI is InChI=1S/C9H16O2/c10-9(3-1-4-9)6-8-2-5-11-7-8/h8,10H,1-7H2. The van der Waals surface area contributed by atoms with Crippen LogP contribution < -0.4 is 0 Å². The minimum absolute atomic E-state index is 0.293. The Balaban J connectivity index is 1.79. The quantitative estimate of drug-likeness (QED) is 0.653. The Bertz CT molecular complexity index is 134. The van der Waals surface area contributed by atoms with Gasteiger partial charge in [-0.2, -0.15) is 0 Å². The van der Waals surface area contributed by atoms with E-state index in [1.54, 1.807) is 0 Å². The molecule has 1 atom stereocenters. The van der Waals surface area contributed by atoms with E-state index in [1.807, 2.05) is 0 Å². The van der Waals surface area contributed by atoms with Gasteiger partial charge >= 0.3 is 0 Å². The zero-order chi connectivity index (χ0) is 7.73. The van der Waals surface area contributed by atoms with Gasteiger partial charge in [0, 0.05) is 13.2 Å². The van der Waals surface area contributed by atoms with E-state index in [0.717, 1.165) is 38.9 Å². The van der Waals surface area contributed by atoms with E-state index in [1.165, 1.54) is 6.42 Å². The summed E-state index contributed by atoms with van der Waals surface area (Å²) in [5.41, 5.74) is -0.293. The molecular formula is C9H16O2. The summed E-state index contributed by atoms with van der Waals surface area (Å²) < 4.78 is 5.26. The fraction of sp³-hybridized carbons (Fsp3) is 1.00. The molecule has 1 saturated carbocycles. The highest BCUT2D eigenvalue weighted by Crippen LogP contribution is 2.38. The van der Waals surface area contributed by atoms with E-state index in [-0.39, 0.29) is 5.60 Å². The maximum Gasteiger partial charge on any atom is 0.0651 e. The second-order valence-electron chi connectivity index (χ2n) is 4.01. The van der Waals surface area contributed by atoms with Crippen LogP contribution in [-0.4, -0.2) is 23.9 Å². The van der Waals surface area contributed by atoms with E-state index in [2.05, 4.69) is 0 Å². The summed E-state index contributed by atoms with van der Waals surface area (Å²) in [5.74, 6) is 0.639. The van der Waals surface area contributed by atoms with Crippen LogP contribution in [0.4, 0.5) is 0 Å². The van der Waals surface area contributed by atoms with Gasteiger partial charge in [-0.05, 0) is 38.0 Å². The van der Waals surface area contributed by atoms with Gasteiger partial charge in [-0.25, -0.2) is 0 Å². The molecule has 0 bridgehead atoms. The minimum Gasteiger partial charge on any atom is -0.390 e. The first-order valence-electron chi connectivity index (χ1n) is 4.59. The number of aliphatic hydroxyl groups is 1. The van der Waals surface area contributed by atoms with Crippen LogP contribution in [0.15, 0.2) is 0 Å². The third-order valence-electron chi connectivity index (χ3n) is 2.98. The van der Waals surface area contributed by atoms with Crippen molar-refractivity contribution < 1.29 is 9.84 Å². The molecule has 1 aliphatic carbocycles.